The highest BCUT2D eigenvalue weighted by Crippen LogP contribution is 2.18. The molecule has 1 atom stereocenters. The minimum atomic E-state index is 0.173. The molecule has 0 radical (unpaired) electrons. The van der Waals surface area contributed by atoms with E-state index in [9.17, 15) is 0 Å². The molecule has 3 rings (SSSR count). The molecule has 2 aromatic rings. The molecule has 6 nitrogen and oxygen atoms in total. The fourth-order valence-corrected chi connectivity index (χ4v) is 3.35. The molecule has 0 bridgehead atoms. The lowest BCUT2D eigenvalue weighted by Crippen LogP contribution is -2.53. The van der Waals surface area contributed by atoms with Gasteiger partial charge in [0.1, 0.15) is 5.76 Å². The summed E-state index contributed by atoms with van der Waals surface area (Å²) in [6.45, 7) is 4.68. The van der Waals surface area contributed by atoms with Crippen LogP contribution in [0.25, 0.3) is 0 Å². The molecule has 1 aromatic carbocycles. The Kier molecular flexibility index (Phi) is 6.17. The number of furan rings is 1. The van der Waals surface area contributed by atoms with Gasteiger partial charge in [-0.1, -0.05) is 18.2 Å². The summed E-state index contributed by atoms with van der Waals surface area (Å²) >= 11 is 0. The predicted octanol–water partition coefficient (Wildman–Crippen LogP) is 2.28. The summed E-state index contributed by atoms with van der Waals surface area (Å²) in [5.74, 6) is 1.92. The Balaban J connectivity index is 1.55. The van der Waals surface area contributed by atoms with Crippen LogP contribution in [0.3, 0.4) is 0 Å². The van der Waals surface area contributed by atoms with Crippen molar-refractivity contribution in [3.05, 3.63) is 54.5 Å². The number of benzene rings is 1. The normalized spacial score (nSPS) is 16.8. The Labute approximate surface area is 156 Å². The number of anilines is 1. The zero-order valence-corrected chi connectivity index (χ0v) is 15.9. The quantitative estimate of drug-likeness (QED) is 0.659. The van der Waals surface area contributed by atoms with E-state index < -0.39 is 0 Å². The van der Waals surface area contributed by atoms with Gasteiger partial charge in [-0.2, -0.15) is 0 Å². The van der Waals surface area contributed by atoms with Gasteiger partial charge in [0.25, 0.3) is 0 Å². The lowest BCUT2D eigenvalue weighted by atomic mass is 10.2. The van der Waals surface area contributed by atoms with Crippen molar-refractivity contribution in [3.8, 4) is 0 Å². The lowest BCUT2D eigenvalue weighted by Gasteiger charge is -2.38. The number of guanidine groups is 1. The van der Waals surface area contributed by atoms with Crippen LogP contribution in [0.4, 0.5) is 5.69 Å². The number of piperazine rings is 1. The van der Waals surface area contributed by atoms with E-state index in [4.69, 9.17) is 4.42 Å². The second kappa shape index (κ2) is 8.76. The molecule has 26 heavy (non-hydrogen) atoms. The first-order valence-corrected chi connectivity index (χ1v) is 9.14. The van der Waals surface area contributed by atoms with Crippen LogP contribution >= 0.6 is 0 Å². The number of rotatable bonds is 5. The molecule has 1 aliphatic heterocycles. The highest BCUT2D eigenvalue weighted by Gasteiger charge is 2.22. The van der Waals surface area contributed by atoms with Crippen LogP contribution in [0, 0.1) is 0 Å². The molecule has 1 aromatic heterocycles. The van der Waals surface area contributed by atoms with Crippen LogP contribution in [0.15, 0.2) is 58.1 Å². The predicted molar refractivity (Wildman–Crippen MR) is 107 cm³/mol. The molecule has 1 unspecified atom stereocenters. The van der Waals surface area contributed by atoms with Crippen molar-refractivity contribution in [1.29, 1.82) is 0 Å². The second-order valence-electron chi connectivity index (χ2n) is 6.73. The second-order valence-corrected chi connectivity index (χ2v) is 6.73. The van der Waals surface area contributed by atoms with E-state index in [-0.39, 0.29) is 6.04 Å². The Morgan fingerprint density at radius 3 is 2.42 bits per heavy atom. The molecular formula is C20H29N5O. The lowest BCUT2D eigenvalue weighted by molar-refractivity contribution is 0.255. The number of hydrogen-bond donors (Lipinski definition) is 1. The molecule has 1 aliphatic rings. The van der Waals surface area contributed by atoms with E-state index in [1.807, 2.05) is 19.2 Å². The van der Waals surface area contributed by atoms with Crippen LogP contribution in [0.1, 0.15) is 11.8 Å². The van der Waals surface area contributed by atoms with Gasteiger partial charge in [0.15, 0.2) is 5.96 Å². The molecule has 0 saturated carbocycles. The van der Waals surface area contributed by atoms with Crippen molar-refractivity contribution >= 4 is 11.6 Å². The van der Waals surface area contributed by atoms with Crippen LogP contribution in [-0.2, 0) is 0 Å². The van der Waals surface area contributed by atoms with Gasteiger partial charge in [-0.05, 0) is 38.4 Å². The summed E-state index contributed by atoms with van der Waals surface area (Å²) in [4.78, 5) is 11.4. The summed E-state index contributed by atoms with van der Waals surface area (Å²) in [6.07, 6.45) is 1.73. The fourth-order valence-electron chi connectivity index (χ4n) is 3.35. The standard InChI is InChI=1S/C20H29N5O/c1-21-20(22-16-18(23(2)3)19-10-7-15-26-19)25-13-11-24(12-14-25)17-8-5-4-6-9-17/h4-10,15,18H,11-14,16H2,1-3H3,(H,21,22). The number of likely N-dealkylation sites (N-methyl/N-ethyl adjacent to an activating group) is 1. The number of nitrogens with one attached hydrogen (secondary N) is 1. The van der Waals surface area contributed by atoms with Gasteiger partial charge in [-0.15, -0.1) is 0 Å². The minimum Gasteiger partial charge on any atom is -0.468 e. The van der Waals surface area contributed by atoms with Gasteiger partial charge in [-0.25, -0.2) is 0 Å². The zero-order chi connectivity index (χ0) is 18.4. The number of aliphatic imine (C=N–C) groups is 1. The molecule has 140 valence electrons. The average molecular weight is 355 g/mol. The van der Waals surface area contributed by atoms with Gasteiger partial charge in [0, 0.05) is 45.5 Å². The van der Waals surface area contributed by atoms with Crippen molar-refractivity contribution in [2.45, 2.75) is 6.04 Å². The van der Waals surface area contributed by atoms with Crippen molar-refractivity contribution in [3.63, 3.8) is 0 Å². The minimum absolute atomic E-state index is 0.173. The topological polar surface area (TPSA) is 47.3 Å². The third-order valence-corrected chi connectivity index (χ3v) is 4.86. The highest BCUT2D eigenvalue weighted by atomic mass is 16.3. The molecule has 2 heterocycles. The Hall–Kier alpha value is -2.47. The van der Waals surface area contributed by atoms with Gasteiger partial charge in [0.2, 0.25) is 0 Å². The first-order valence-electron chi connectivity index (χ1n) is 9.14. The number of nitrogens with zero attached hydrogens (tertiary/aromatic N) is 4. The van der Waals surface area contributed by atoms with E-state index in [1.54, 1.807) is 6.26 Å². The summed E-state index contributed by atoms with van der Waals surface area (Å²) in [5, 5.41) is 3.52. The molecule has 0 spiro atoms. The number of hydrogen-bond acceptors (Lipinski definition) is 4. The van der Waals surface area contributed by atoms with Gasteiger partial charge in [0.05, 0.1) is 12.3 Å². The maximum absolute atomic E-state index is 5.59. The maximum atomic E-state index is 5.59. The van der Waals surface area contributed by atoms with Crippen LogP contribution in [0.2, 0.25) is 0 Å². The molecule has 1 fully saturated rings. The third-order valence-electron chi connectivity index (χ3n) is 4.86. The van der Waals surface area contributed by atoms with Crippen molar-refractivity contribution in [1.82, 2.24) is 15.1 Å². The molecule has 1 N–H and O–H groups in total. The molecule has 1 saturated heterocycles. The van der Waals surface area contributed by atoms with Gasteiger partial charge >= 0.3 is 0 Å². The summed E-state index contributed by atoms with van der Waals surface area (Å²) in [7, 11) is 5.98. The maximum Gasteiger partial charge on any atom is 0.193 e. The molecular weight excluding hydrogens is 326 g/mol. The number of para-hydroxylation sites is 1. The van der Waals surface area contributed by atoms with E-state index in [1.165, 1.54) is 5.69 Å². The van der Waals surface area contributed by atoms with E-state index in [0.29, 0.717) is 0 Å². The smallest absolute Gasteiger partial charge is 0.193 e. The summed E-state index contributed by atoms with van der Waals surface area (Å²) < 4.78 is 5.59. The Morgan fingerprint density at radius 2 is 1.85 bits per heavy atom. The van der Waals surface area contributed by atoms with Gasteiger partial charge < -0.3 is 19.5 Å². The van der Waals surface area contributed by atoms with E-state index in [0.717, 1.165) is 44.4 Å². The fraction of sp³-hybridized carbons (Fsp3) is 0.450. The molecule has 0 aliphatic carbocycles. The molecule has 0 amide bonds. The highest BCUT2D eigenvalue weighted by molar-refractivity contribution is 5.80. The monoisotopic (exact) mass is 355 g/mol. The van der Waals surface area contributed by atoms with E-state index in [2.05, 4.69) is 69.4 Å². The summed E-state index contributed by atoms with van der Waals surface area (Å²) in [5.41, 5.74) is 1.29. The third kappa shape index (κ3) is 4.38. The average Bonchev–Trinajstić information content (AvgIpc) is 3.20. The van der Waals surface area contributed by atoms with Crippen LogP contribution < -0.4 is 10.2 Å². The van der Waals surface area contributed by atoms with Crippen molar-refractivity contribution in [2.75, 3.05) is 58.8 Å². The first kappa shape index (κ1) is 18.3. The summed E-state index contributed by atoms with van der Waals surface area (Å²) in [6, 6.07) is 14.7. The molecule has 6 heteroatoms. The van der Waals surface area contributed by atoms with E-state index >= 15 is 0 Å². The first-order chi connectivity index (χ1) is 12.7. The van der Waals surface area contributed by atoms with Crippen molar-refractivity contribution in [2.24, 2.45) is 4.99 Å². The Morgan fingerprint density at radius 1 is 1.12 bits per heavy atom. The SMILES string of the molecule is CN=C(NCC(c1ccco1)N(C)C)N1CCN(c2ccccc2)CC1. The largest absolute Gasteiger partial charge is 0.468 e. The van der Waals surface area contributed by atoms with Crippen LogP contribution in [-0.4, -0.2) is 69.6 Å². The van der Waals surface area contributed by atoms with Crippen molar-refractivity contribution < 1.29 is 4.42 Å². The zero-order valence-electron chi connectivity index (χ0n) is 15.9. The van der Waals surface area contributed by atoms with Gasteiger partial charge in [-0.3, -0.25) is 9.89 Å². The van der Waals surface area contributed by atoms with Crippen LogP contribution in [0.5, 0.6) is 0 Å². The Bertz CT molecular complexity index is 675.